The Balaban J connectivity index is 1.84. The monoisotopic (exact) mass is 327 g/mol. The molecule has 1 aromatic rings. The van der Waals surface area contributed by atoms with E-state index < -0.39 is 0 Å². The number of allylic oxidation sites excluding steroid dienone is 2. The predicted octanol–water partition coefficient (Wildman–Crippen LogP) is 3.94. The van der Waals surface area contributed by atoms with Crippen molar-refractivity contribution in [3.05, 3.63) is 42.2 Å². The van der Waals surface area contributed by atoms with Gasteiger partial charge in [0.15, 0.2) is 0 Å². The highest BCUT2D eigenvalue weighted by atomic mass is 19.1. The van der Waals surface area contributed by atoms with E-state index in [0.29, 0.717) is 5.69 Å². The zero-order valence-corrected chi connectivity index (χ0v) is 14.3. The Labute approximate surface area is 141 Å². The van der Waals surface area contributed by atoms with Crippen LogP contribution in [0.25, 0.3) is 0 Å². The van der Waals surface area contributed by atoms with Crippen LogP contribution in [0.4, 0.5) is 10.1 Å². The average Bonchev–Trinajstić information content (AvgIpc) is 2.83. The summed E-state index contributed by atoms with van der Waals surface area (Å²) < 4.78 is 13.2. The highest BCUT2D eigenvalue weighted by molar-refractivity contribution is 6.23. The Bertz CT molecular complexity index is 753. The maximum atomic E-state index is 13.3. The molecule has 0 spiro atoms. The summed E-state index contributed by atoms with van der Waals surface area (Å²) in [4.78, 5) is 27.7. The van der Waals surface area contributed by atoms with Gasteiger partial charge < -0.3 is 0 Å². The number of anilines is 1. The molecule has 1 aliphatic heterocycles. The largest absolute Gasteiger partial charge is 0.274 e. The second kappa shape index (κ2) is 4.78. The van der Waals surface area contributed by atoms with Gasteiger partial charge in [0.1, 0.15) is 5.82 Å². The van der Waals surface area contributed by atoms with Crippen molar-refractivity contribution >= 4 is 17.5 Å². The lowest BCUT2D eigenvalue weighted by Gasteiger charge is -2.55. The van der Waals surface area contributed by atoms with Gasteiger partial charge in [-0.3, -0.25) is 9.59 Å². The lowest BCUT2D eigenvalue weighted by atomic mass is 9.46. The Hall–Kier alpha value is -1.97. The van der Waals surface area contributed by atoms with Gasteiger partial charge in [0.2, 0.25) is 11.8 Å². The lowest BCUT2D eigenvalue weighted by Crippen LogP contribution is -2.53. The van der Waals surface area contributed by atoms with Crippen LogP contribution < -0.4 is 4.90 Å². The first-order valence-electron chi connectivity index (χ1n) is 8.64. The zero-order valence-electron chi connectivity index (χ0n) is 14.3. The van der Waals surface area contributed by atoms with Gasteiger partial charge in [0, 0.05) is 5.41 Å². The van der Waals surface area contributed by atoms with Gasteiger partial charge in [0.05, 0.1) is 17.5 Å². The number of hydrogen-bond donors (Lipinski definition) is 0. The summed E-state index contributed by atoms with van der Waals surface area (Å²) in [6, 6.07) is 5.62. The molecule has 1 saturated carbocycles. The molecule has 2 amide bonds. The molecule has 3 nitrogen and oxygen atoms in total. The molecule has 4 atom stereocenters. The fraction of sp³-hybridized carbons (Fsp3) is 0.500. The fourth-order valence-corrected chi connectivity index (χ4v) is 5.08. The number of carbonyl (C=O) groups is 2. The third kappa shape index (κ3) is 1.77. The first-order valence-corrected chi connectivity index (χ1v) is 8.64. The number of carbonyl (C=O) groups excluding carboxylic acids is 2. The summed E-state index contributed by atoms with van der Waals surface area (Å²) in [5.41, 5.74) is -0.0324. The molecule has 0 aromatic heterocycles. The number of fused-ring (bicyclic) bond motifs is 1. The quantitative estimate of drug-likeness (QED) is 0.609. The second-order valence-corrected chi connectivity index (χ2v) is 8.05. The Morgan fingerprint density at radius 2 is 1.67 bits per heavy atom. The molecule has 126 valence electrons. The molecule has 3 aliphatic carbocycles. The molecule has 4 aliphatic rings. The second-order valence-electron chi connectivity index (χ2n) is 8.05. The molecule has 4 heteroatoms. The molecule has 0 N–H and O–H groups in total. The van der Waals surface area contributed by atoms with Crippen molar-refractivity contribution in [2.45, 2.75) is 33.6 Å². The van der Waals surface area contributed by atoms with E-state index >= 15 is 0 Å². The number of benzene rings is 1. The van der Waals surface area contributed by atoms with Gasteiger partial charge in [-0.25, -0.2) is 9.29 Å². The molecule has 2 fully saturated rings. The first kappa shape index (κ1) is 15.6. The van der Waals surface area contributed by atoms with Crippen LogP contribution in [0.3, 0.4) is 0 Å². The number of nitrogens with zero attached hydrogens (tertiary/aromatic N) is 1. The summed E-state index contributed by atoms with van der Waals surface area (Å²) >= 11 is 0. The van der Waals surface area contributed by atoms with Crippen molar-refractivity contribution < 1.29 is 14.0 Å². The van der Waals surface area contributed by atoms with Crippen molar-refractivity contribution in [2.75, 3.05) is 4.90 Å². The van der Waals surface area contributed by atoms with Gasteiger partial charge in [-0.2, -0.15) is 0 Å². The molecule has 24 heavy (non-hydrogen) atoms. The maximum absolute atomic E-state index is 13.3. The standard InChI is InChI=1S/C20H22FNO2/c1-12(2)20-10-8-19(3,9-11-20)15-16(20)18(24)22(17(15)23)14-6-4-13(21)5-7-14/h4-8,10,12,15-16H,9,11H2,1-3H3/t15-,16-,19-,20-/m1/s1. The topological polar surface area (TPSA) is 37.4 Å². The minimum atomic E-state index is -0.373. The van der Waals surface area contributed by atoms with Gasteiger partial charge in [-0.15, -0.1) is 0 Å². The van der Waals surface area contributed by atoms with Crippen LogP contribution >= 0.6 is 0 Å². The number of amides is 2. The van der Waals surface area contributed by atoms with Crippen molar-refractivity contribution in [3.8, 4) is 0 Å². The smallest absolute Gasteiger partial charge is 0.238 e. The minimum absolute atomic E-state index is 0.124. The van der Waals surface area contributed by atoms with Crippen LogP contribution in [0, 0.1) is 34.4 Å². The molecule has 1 heterocycles. The SMILES string of the molecule is CC(C)[C@@]12C=C[C@](C)(CC1)[C@H]1C(=O)N(c3ccc(F)cc3)C(=O)[C@@H]12. The van der Waals surface area contributed by atoms with Crippen molar-refractivity contribution in [1.82, 2.24) is 0 Å². The van der Waals surface area contributed by atoms with Crippen LogP contribution in [0.2, 0.25) is 0 Å². The van der Waals surface area contributed by atoms with E-state index in [1.165, 1.54) is 29.2 Å². The highest BCUT2D eigenvalue weighted by Gasteiger charge is 2.67. The van der Waals surface area contributed by atoms with Crippen LogP contribution in [-0.4, -0.2) is 11.8 Å². The zero-order chi connectivity index (χ0) is 17.3. The molecular formula is C20H22FNO2. The normalized spacial score (nSPS) is 37.5. The number of imide groups is 1. The third-order valence-electron chi connectivity index (χ3n) is 6.63. The van der Waals surface area contributed by atoms with Gasteiger partial charge >= 0.3 is 0 Å². The van der Waals surface area contributed by atoms with E-state index in [9.17, 15) is 14.0 Å². The summed E-state index contributed by atoms with van der Waals surface area (Å²) in [5, 5.41) is 0. The summed E-state index contributed by atoms with van der Waals surface area (Å²) in [7, 11) is 0. The molecular weight excluding hydrogens is 305 g/mol. The van der Waals surface area contributed by atoms with Crippen LogP contribution in [0.5, 0.6) is 0 Å². The van der Waals surface area contributed by atoms with Gasteiger partial charge in [-0.05, 0) is 48.4 Å². The highest BCUT2D eigenvalue weighted by Crippen LogP contribution is 2.64. The Kier molecular flexibility index (Phi) is 3.09. The summed E-state index contributed by atoms with van der Waals surface area (Å²) in [5.74, 6) is -0.956. The van der Waals surface area contributed by atoms with Crippen molar-refractivity contribution in [3.63, 3.8) is 0 Å². The van der Waals surface area contributed by atoms with E-state index in [1.54, 1.807) is 0 Å². The molecule has 5 rings (SSSR count). The summed E-state index contributed by atoms with van der Waals surface area (Å²) in [6.45, 7) is 6.35. The van der Waals surface area contributed by atoms with E-state index in [2.05, 4.69) is 32.9 Å². The molecule has 1 aromatic carbocycles. The van der Waals surface area contributed by atoms with E-state index in [4.69, 9.17) is 0 Å². The van der Waals surface area contributed by atoms with E-state index in [0.717, 1.165) is 12.8 Å². The van der Waals surface area contributed by atoms with Crippen LogP contribution in [0.15, 0.2) is 36.4 Å². The van der Waals surface area contributed by atoms with Crippen LogP contribution in [0.1, 0.15) is 33.6 Å². The third-order valence-corrected chi connectivity index (χ3v) is 6.63. The Morgan fingerprint density at radius 3 is 2.21 bits per heavy atom. The minimum Gasteiger partial charge on any atom is -0.274 e. The average molecular weight is 327 g/mol. The van der Waals surface area contributed by atoms with E-state index in [1.807, 2.05) is 0 Å². The first-order chi connectivity index (χ1) is 11.3. The predicted molar refractivity (Wildman–Crippen MR) is 89.6 cm³/mol. The summed E-state index contributed by atoms with van der Waals surface area (Å²) in [6.07, 6.45) is 6.23. The number of hydrogen-bond acceptors (Lipinski definition) is 2. The van der Waals surface area contributed by atoms with Crippen molar-refractivity contribution in [1.29, 1.82) is 0 Å². The fourth-order valence-electron chi connectivity index (χ4n) is 5.08. The molecule has 0 radical (unpaired) electrons. The molecule has 2 bridgehead atoms. The maximum Gasteiger partial charge on any atom is 0.238 e. The molecule has 0 unspecified atom stereocenters. The molecule has 1 saturated heterocycles. The van der Waals surface area contributed by atoms with Crippen molar-refractivity contribution in [2.24, 2.45) is 28.6 Å². The number of halogens is 1. The van der Waals surface area contributed by atoms with Crippen LogP contribution in [-0.2, 0) is 9.59 Å². The lowest BCUT2D eigenvalue weighted by molar-refractivity contribution is -0.135. The number of rotatable bonds is 2. The van der Waals surface area contributed by atoms with Gasteiger partial charge in [-0.1, -0.05) is 32.9 Å². The van der Waals surface area contributed by atoms with E-state index in [-0.39, 0.29) is 46.2 Å². The van der Waals surface area contributed by atoms with Gasteiger partial charge in [0.25, 0.3) is 0 Å². The Morgan fingerprint density at radius 1 is 1.04 bits per heavy atom.